The van der Waals surface area contributed by atoms with Gasteiger partial charge in [0, 0.05) is 30.6 Å². The van der Waals surface area contributed by atoms with Crippen molar-refractivity contribution in [2.75, 3.05) is 32.8 Å². The van der Waals surface area contributed by atoms with Crippen LogP contribution in [0.4, 0.5) is 0 Å². The number of guanidine groups is 1. The third-order valence-electron chi connectivity index (χ3n) is 4.88. The minimum absolute atomic E-state index is 0.389. The molecule has 152 valence electrons. The fraction of sp³-hybridized carbons (Fsp3) is 0.722. The Labute approximate surface area is 166 Å². The number of nitrogens with one attached hydrogen (secondary N) is 2. The van der Waals surface area contributed by atoms with E-state index in [1.807, 2.05) is 6.07 Å². The molecule has 0 spiro atoms. The smallest absolute Gasteiger partial charge is 0.252 e. The van der Waals surface area contributed by atoms with Crippen LogP contribution in [0.5, 0.6) is 0 Å². The first-order valence-electron chi connectivity index (χ1n) is 9.81. The average molecular weight is 415 g/mol. The summed E-state index contributed by atoms with van der Waals surface area (Å²) in [4.78, 5) is 5.61. The first-order chi connectivity index (χ1) is 13.1. The molecule has 1 saturated heterocycles. The molecule has 2 heterocycles. The van der Waals surface area contributed by atoms with Crippen molar-refractivity contribution in [3.8, 4) is 0 Å². The van der Waals surface area contributed by atoms with Gasteiger partial charge in [0.25, 0.3) is 10.0 Å². The van der Waals surface area contributed by atoms with Crippen LogP contribution in [-0.4, -0.2) is 57.6 Å². The molecule has 2 fully saturated rings. The Morgan fingerprint density at radius 3 is 2.70 bits per heavy atom. The fourth-order valence-electron chi connectivity index (χ4n) is 3.41. The minimum Gasteiger partial charge on any atom is -0.379 e. The van der Waals surface area contributed by atoms with Crippen LogP contribution in [0.25, 0.3) is 0 Å². The predicted molar refractivity (Wildman–Crippen MR) is 109 cm³/mol. The van der Waals surface area contributed by atoms with E-state index in [0.717, 1.165) is 17.4 Å². The van der Waals surface area contributed by atoms with Gasteiger partial charge in [-0.1, -0.05) is 19.3 Å². The molecule has 27 heavy (non-hydrogen) atoms. The largest absolute Gasteiger partial charge is 0.379 e. The third kappa shape index (κ3) is 5.66. The van der Waals surface area contributed by atoms with Crippen LogP contribution >= 0.6 is 11.3 Å². The summed E-state index contributed by atoms with van der Waals surface area (Å²) in [7, 11) is -3.42. The van der Waals surface area contributed by atoms with Crippen LogP contribution in [0.3, 0.4) is 0 Å². The lowest BCUT2D eigenvalue weighted by Crippen LogP contribution is -2.44. The number of aliphatic imine (C=N–C) groups is 1. The number of nitrogens with zero attached hydrogens (tertiary/aromatic N) is 2. The topological polar surface area (TPSA) is 83.0 Å². The van der Waals surface area contributed by atoms with E-state index in [-0.39, 0.29) is 0 Å². The Morgan fingerprint density at radius 1 is 1.26 bits per heavy atom. The fourth-order valence-corrected chi connectivity index (χ4v) is 6.26. The van der Waals surface area contributed by atoms with Gasteiger partial charge in [0.2, 0.25) is 0 Å². The van der Waals surface area contributed by atoms with Gasteiger partial charge < -0.3 is 15.4 Å². The molecule has 2 aliphatic rings. The molecule has 0 atom stereocenters. The number of sulfonamides is 1. The van der Waals surface area contributed by atoms with Gasteiger partial charge in [0.15, 0.2) is 5.96 Å². The van der Waals surface area contributed by atoms with Crippen LogP contribution in [-0.2, 0) is 21.3 Å². The molecule has 1 aromatic heterocycles. The normalized spacial score (nSPS) is 20.6. The van der Waals surface area contributed by atoms with E-state index in [2.05, 4.69) is 22.5 Å². The minimum atomic E-state index is -3.42. The second kappa shape index (κ2) is 9.86. The van der Waals surface area contributed by atoms with Gasteiger partial charge in [-0.3, -0.25) is 0 Å². The Morgan fingerprint density at radius 2 is 2.00 bits per heavy atom. The Hall–Kier alpha value is -1.16. The highest BCUT2D eigenvalue weighted by Gasteiger charge is 2.27. The molecule has 9 heteroatoms. The molecule has 0 aromatic carbocycles. The summed E-state index contributed by atoms with van der Waals surface area (Å²) in [6.45, 7) is 5.09. The van der Waals surface area contributed by atoms with Crippen molar-refractivity contribution < 1.29 is 13.2 Å². The quantitative estimate of drug-likeness (QED) is 0.551. The van der Waals surface area contributed by atoms with Crippen molar-refractivity contribution in [1.82, 2.24) is 14.9 Å². The Bertz CT molecular complexity index is 721. The zero-order chi connectivity index (χ0) is 19.1. The average Bonchev–Trinajstić information content (AvgIpc) is 3.18. The van der Waals surface area contributed by atoms with E-state index in [4.69, 9.17) is 4.74 Å². The lowest BCUT2D eigenvalue weighted by atomic mass is 9.96. The standard InChI is InChI=1S/C18H30N4O3S2/c1-2-19-18(21-15-6-4-3-5-7-15)20-14-16-8-9-17(26-16)27(23,24)22-10-12-25-13-11-22/h8-9,15H,2-7,10-14H2,1H3,(H2,19,20,21). The third-order valence-corrected chi connectivity index (χ3v) is 8.32. The molecule has 7 nitrogen and oxygen atoms in total. The summed E-state index contributed by atoms with van der Waals surface area (Å²) in [6.07, 6.45) is 6.23. The maximum atomic E-state index is 12.7. The maximum Gasteiger partial charge on any atom is 0.252 e. The van der Waals surface area contributed by atoms with E-state index in [1.54, 1.807) is 6.07 Å². The summed E-state index contributed by atoms with van der Waals surface area (Å²) in [5.41, 5.74) is 0. The highest BCUT2D eigenvalue weighted by molar-refractivity contribution is 7.91. The second-order valence-electron chi connectivity index (χ2n) is 6.91. The highest BCUT2D eigenvalue weighted by Crippen LogP contribution is 2.26. The van der Waals surface area contributed by atoms with Gasteiger partial charge in [0.1, 0.15) is 4.21 Å². The summed E-state index contributed by atoms with van der Waals surface area (Å²) >= 11 is 1.31. The second-order valence-corrected chi connectivity index (χ2v) is 10.2. The molecule has 0 bridgehead atoms. The molecule has 1 aromatic rings. The molecular formula is C18H30N4O3S2. The van der Waals surface area contributed by atoms with Crippen molar-refractivity contribution in [3.63, 3.8) is 0 Å². The van der Waals surface area contributed by atoms with Crippen LogP contribution in [0, 0.1) is 0 Å². The van der Waals surface area contributed by atoms with Crippen LogP contribution in [0.2, 0.25) is 0 Å². The maximum absolute atomic E-state index is 12.7. The van der Waals surface area contributed by atoms with E-state index in [9.17, 15) is 8.42 Å². The summed E-state index contributed by atoms with van der Waals surface area (Å²) in [5.74, 6) is 0.815. The number of hydrogen-bond donors (Lipinski definition) is 2. The van der Waals surface area contributed by atoms with E-state index < -0.39 is 10.0 Å². The molecule has 2 N–H and O–H groups in total. The van der Waals surface area contributed by atoms with E-state index in [0.29, 0.717) is 43.1 Å². The van der Waals surface area contributed by atoms with Gasteiger partial charge in [-0.15, -0.1) is 11.3 Å². The van der Waals surface area contributed by atoms with Crippen molar-refractivity contribution in [1.29, 1.82) is 0 Å². The lowest BCUT2D eigenvalue weighted by Gasteiger charge is -2.25. The first-order valence-corrected chi connectivity index (χ1v) is 12.1. The lowest BCUT2D eigenvalue weighted by molar-refractivity contribution is 0.0731. The van der Waals surface area contributed by atoms with Gasteiger partial charge >= 0.3 is 0 Å². The van der Waals surface area contributed by atoms with Crippen molar-refractivity contribution in [2.45, 2.75) is 55.8 Å². The zero-order valence-electron chi connectivity index (χ0n) is 15.9. The van der Waals surface area contributed by atoms with Crippen LogP contribution in [0.15, 0.2) is 21.3 Å². The summed E-state index contributed by atoms with van der Waals surface area (Å²) in [5, 5.41) is 6.81. The molecule has 0 unspecified atom stereocenters. The number of hydrogen-bond acceptors (Lipinski definition) is 5. The SMILES string of the molecule is CCNC(=NCc1ccc(S(=O)(=O)N2CCOCC2)s1)NC1CCCCC1. The van der Waals surface area contributed by atoms with E-state index in [1.165, 1.54) is 47.7 Å². The van der Waals surface area contributed by atoms with Gasteiger partial charge in [0.05, 0.1) is 19.8 Å². The molecule has 0 radical (unpaired) electrons. The Balaban J connectivity index is 1.63. The molecule has 1 aliphatic heterocycles. The summed E-state index contributed by atoms with van der Waals surface area (Å²) in [6, 6.07) is 4.05. The number of ether oxygens (including phenoxy) is 1. The molecule has 3 rings (SSSR count). The van der Waals surface area contributed by atoms with Crippen molar-refractivity contribution >= 4 is 27.3 Å². The van der Waals surface area contributed by atoms with Gasteiger partial charge in [-0.25, -0.2) is 13.4 Å². The van der Waals surface area contributed by atoms with Crippen LogP contribution in [0.1, 0.15) is 43.9 Å². The number of morpholine rings is 1. The Kier molecular flexibility index (Phi) is 7.51. The predicted octanol–water partition coefficient (Wildman–Crippen LogP) is 2.16. The monoisotopic (exact) mass is 414 g/mol. The molecule has 1 saturated carbocycles. The summed E-state index contributed by atoms with van der Waals surface area (Å²) < 4.78 is 32.6. The van der Waals surface area contributed by atoms with Crippen molar-refractivity contribution in [3.05, 3.63) is 17.0 Å². The number of thiophene rings is 1. The zero-order valence-corrected chi connectivity index (χ0v) is 17.6. The first kappa shape index (κ1) is 20.6. The van der Waals surface area contributed by atoms with Gasteiger partial charge in [-0.2, -0.15) is 4.31 Å². The number of rotatable bonds is 6. The van der Waals surface area contributed by atoms with Crippen molar-refractivity contribution in [2.24, 2.45) is 4.99 Å². The highest BCUT2D eigenvalue weighted by atomic mass is 32.2. The van der Waals surface area contributed by atoms with E-state index >= 15 is 0 Å². The molecule has 0 amide bonds. The molecule has 1 aliphatic carbocycles. The van der Waals surface area contributed by atoms with Crippen LogP contribution < -0.4 is 10.6 Å². The molecular weight excluding hydrogens is 384 g/mol. The van der Waals surface area contributed by atoms with Gasteiger partial charge in [-0.05, 0) is 31.9 Å².